The molecule has 0 saturated carbocycles. The van der Waals surface area contributed by atoms with Crippen LogP contribution in [0.1, 0.15) is 23.5 Å². The molecule has 0 aliphatic carbocycles. The number of nitrogens with zero attached hydrogens (tertiary/aromatic N) is 1. The zero-order valence-electron chi connectivity index (χ0n) is 19.2. The molecule has 0 fully saturated rings. The zero-order valence-corrected chi connectivity index (χ0v) is 19.2. The summed E-state index contributed by atoms with van der Waals surface area (Å²) in [6.45, 7) is 0. The first-order chi connectivity index (χ1) is 17.4. The number of aromatic nitrogens is 1. The Morgan fingerprint density at radius 1 is 0.514 bits per heavy atom. The minimum atomic E-state index is -0.0894. The molecule has 1 aliphatic rings. The highest BCUT2D eigenvalue weighted by molar-refractivity contribution is 6.08. The quantitative estimate of drug-likeness (QED) is 0.288. The molecule has 168 valence electrons. The molecule has 0 amide bonds. The number of benzene rings is 5. The SMILES string of the molecule is c1ccc(-c2ccc(C3NC(n4c5ccccc5c5ccccc54)Nc4ccccc43)cc2)cc1. The number of hydrogen-bond donors (Lipinski definition) is 2. The van der Waals surface area contributed by atoms with Crippen LogP contribution in [0, 0.1) is 0 Å². The van der Waals surface area contributed by atoms with Crippen LogP contribution in [0.3, 0.4) is 0 Å². The van der Waals surface area contributed by atoms with Gasteiger partial charge in [0.15, 0.2) is 6.29 Å². The molecule has 0 radical (unpaired) electrons. The Labute approximate surface area is 204 Å². The highest BCUT2D eigenvalue weighted by atomic mass is 15.3. The van der Waals surface area contributed by atoms with Crippen molar-refractivity contribution in [2.75, 3.05) is 5.32 Å². The number of para-hydroxylation sites is 3. The van der Waals surface area contributed by atoms with Gasteiger partial charge in [0.05, 0.1) is 17.1 Å². The summed E-state index contributed by atoms with van der Waals surface area (Å²) in [5.41, 5.74) is 8.58. The van der Waals surface area contributed by atoms with Gasteiger partial charge in [-0.05, 0) is 40.5 Å². The second-order valence-electron chi connectivity index (χ2n) is 9.13. The first-order valence-corrected chi connectivity index (χ1v) is 12.1. The number of fused-ring (bicyclic) bond motifs is 4. The van der Waals surface area contributed by atoms with Crippen molar-refractivity contribution in [2.45, 2.75) is 12.3 Å². The standard InChI is InChI=1S/C32H25N3/c1-2-10-22(11-3-1)23-18-20-24(21-19-23)31-27-14-4-7-15-28(27)33-32(34-31)35-29-16-8-5-12-25(29)26-13-6-9-17-30(26)35/h1-21,31-34H. The van der Waals surface area contributed by atoms with Crippen molar-refractivity contribution in [1.82, 2.24) is 9.88 Å². The summed E-state index contributed by atoms with van der Waals surface area (Å²) in [7, 11) is 0. The van der Waals surface area contributed by atoms with Crippen LogP contribution in [0.2, 0.25) is 0 Å². The Balaban J connectivity index is 1.34. The van der Waals surface area contributed by atoms with Gasteiger partial charge >= 0.3 is 0 Å². The highest BCUT2D eigenvalue weighted by Crippen LogP contribution is 2.39. The molecule has 2 N–H and O–H groups in total. The van der Waals surface area contributed by atoms with E-state index in [9.17, 15) is 0 Å². The Morgan fingerprint density at radius 2 is 1.09 bits per heavy atom. The molecule has 5 aromatic carbocycles. The minimum Gasteiger partial charge on any atom is -0.352 e. The molecular formula is C32H25N3. The van der Waals surface area contributed by atoms with Gasteiger partial charge in [-0.3, -0.25) is 5.32 Å². The van der Waals surface area contributed by atoms with Gasteiger partial charge in [0.1, 0.15) is 0 Å². The molecule has 7 rings (SSSR count). The van der Waals surface area contributed by atoms with Crippen LogP contribution in [-0.2, 0) is 0 Å². The van der Waals surface area contributed by atoms with Gasteiger partial charge in [-0.25, -0.2) is 0 Å². The van der Waals surface area contributed by atoms with Crippen LogP contribution < -0.4 is 10.6 Å². The van der Waals surface area contributed by atoms with Gasteiger partial charge in [0.25, 0.3) is 0 Å². The lowest BCUT2D eigenvalue weighted by Crippen LogP contribution is -2.40. The smallest absolute Gasteiger partial charge is 0.160 e. The largest absolute Gasteiger partial charge is 0.352 e. The van der Waals surface area contributed by atoms with Crippen LogP contribution in [-0.4, -0.2) is 4.57 Å². The minimum absolute atomic E-state index is 0.0715. The van der Waals surface area contributed by atoms with E-state index in [0.717, 1.165) is 5.69 Å². The zero-order chi connectivity index (χ0) is 23.2. The summed E-state index contributed by atoms with van der Waals surface area (Å²) in [6.07, 6.45) is -0.0894. The molecule has 2 atom stereocenters. The maximum Gasteiger partial charge on any atom is 0.160 e. The molecule has 2 unspecified atom stereocenters. The fraction of sp³-hybridized carbons (Fsp3) is 0.0625. The van der Waals surface area contributed by atoms with Crippen molar-refractivity contribution in [3.63, 3.8) is 0 Å². The maximum absolute atomic E-state index is 3.92. The summed E-state index contributed by atoms with van der Waals surface area (Å²) in [5.74, 6) is 0. The molecule has 0 saturated heterocycles. The van der Waals surface area contributed by atoms with Gasteiger partial charge in [-0.1, -0.05) is 109 Å². The Hall–Kier alpha value is -4.34. The third kappa shape index (κ3) is 3.32. The average Bonchev–Trinajstić information content (AvgIpc) is 3.27. The lowest BCUT2D eigenvalue weighted by molar-refractivity contribution is 0.417. The van der Waals surface area contributed by atoms with Crippen LogP contribution in [0.5, 0.6) is 0 Å². The van der Waals surface area contributed by atoms with Gasteiger partial charge < -0.3 is 9.88 Å². The molecule has 2 heterocycles. The third-order valence-electron chi connectivity index (χ3n) is 7.12. The van der Waals surface area contributed by atoms with Crippen molar-refractivity contribution in [3.8, 4) is 11.1 Å². The van der Waals surface area contributed by atoms with Gasteiger partial charge in [0, 0.05) is 16.5 Å². The van der Waals surface area contributed by atoms with Crippen molar-refractivity contribution < 1.29 is 0 Å². The van der Waals surface area contributed by atoms with Crippen molar-refractivity contribution >= 4 is 27.5 Å². The Morgan fingerprint density at radius 3 is 1.80 bits per heavy atom. The Kier molecular flexibility index (Phi) is 4.68. The van der Waals surface area contributed by atoms with Crippen molar-refractivity contribution in [2.24, 2.45) is 0 Å². The van der Waals surface area contributed by atoms with E-state index in [-0.39, 0.29) is 12.3 Å². The lowest BCUT2D eigenvalue weighted by atomic mass is 9.93. The van der Waals surface area contributed by atoms with Crippen LogP contribution in [0.15, 0.2) is 127 Å². The molecular weight excluding hydrogens is 426 g/mol. The summed E-state index contributed by atoms with van der Waals surface area (Å²) in [5, 5.41) is 10.2. The van der Waals surface area contributed by atoms with Crippen LogP contribution in [0.25, 0.3) is 32.9 Å². The molecule has 0 spiro atoms. The molecule has 35 heavy (non-hydrogen) atoms. The number of hydrogen-bond acceptors (Lipinski definition) is 2. The summed E-state index contributed by atoms with van der Waals surface area (Å²) in [6, 6.07) is 45.5. The van der Waals surface area contributed by atoms with E-state index in [0.29, 0.717) is 0 Å². The second-order valence-corrected chi connectivity index (χ2v) is 9.13. The predicted molar refractivity (Wildman–Crippen MR) is 145 cm³/mol. The molecule has 1 aromatic heterocycles. The van der Waals surface area contributed by atoms with Crippen LogP contribution >= 0.6 is 0 Å². The normalized spacial score (nSPS) is 17.3. The summed E-state index contributed by atoms with van der Waals surface area (Å²) in [4.78, 5) is 0. The highest BCUT2D eigenvalue weighted by Gasteiger charge is 2.29. The van der Waals surface area contributed by atoms with Gasteiger partial charge in [0.2, 0.25) is 0 Å². The topological polar surface area (TPSA) is 29.0 Å². The fourth-order valence-electron chi connectivity index (χ4n) is 5.46. The van der Waals surface area contributed by atoms with Gasteiger partial charge in [-0.2, -0.15) is 0 Å². The molecule has 1 aliphatic heterocycles. The van der Waals surface area contributed by atoms with Gasteiger partial charge in [-0.15, -0.1) is 0 Å². The van der Waals surface area contributed by atoms with E-state index in [1.807, 2.05) is 0 Å². The number of anilines is 1. The number of nitrogens with one attached hydrogen (secondary N) is 2. The molecule has 3 heteroatoms. The van der Waals surface area contributed by atoms with Crippen molar-refractivity contribution in [1.29, 1.82) is 0 Å². The fourth-order valence-corrected chi connectivity index (χ4v) is 5.46. The molecule has 3 nitrogen and oxygen atoms in total. The summed E-state index contributed by atoms with van der Waals surface area (Å²) < 4.78 is 2.39. The predicted octanol–water partition coefficient (Wildman–Crippen LogP) is 7.72. The first-order valence-electron chi connectivity index (χ1n) is 12.1. The van der Waals surface area contributed by atoms with E-state index < -0.39 is 0 Å². The van der Waals surface area contributed by atoms with E-state index in [1.165, 1.54) is 44.1 Å². The first kappa shape index (κ1) is 20.1. The molecule has 0 bridgehead atoms. The van der Waals surface area contributed by atoms with E-state index in [2.05, 4.69) is 143 Å². The monoisotopic (exact) mass is 451 g/mol. The number of rotatable bonds is 3. The maximum atomic E-state index is 3.92. The lowest BCUT2D eigenvalue weighted by Gasteiger charge is -2.36. The third-order valence-corrected chi connectivity index (χ3v) is 7.12. The van der Waals surface area contributed by atoms with Crippen LogP contribution in [0.4, 0.5) is 5.69 Å². The van der Waals surface area contributed by atoms with Crippen molar-refractivity contribution in [3.05, 3.63) is 139 Å². The summed E-state index contributed by atoms with van der Waals surface area (Å²) >= 11 is 0. The average molecular weight is 452 g/mol. The second kappa shape index (κ2) is 8.15. The molecule has 6 aromatic rings. The Bertz CT molecular complexity index is 1590. The van der Waals surface area contributed by atoms with E-state index in [1.54, 1.807) is 0 Å². The van der Waals surface area contributed by atoms with E-state index in [4.69, 9.17) is 0 Å². The van der Waals surface area contributed by atoms with E-state index >= 15 is 0 Å².